The Morgan fingerprint density at radius 1 is 1.60 bits per heavy atom. The van der Waals surface area contributed by atoms with E-state index in [9.17, 15) is 4.79 Å². The zero-order valence-corrected chi connectivity index (χ0v) is 9.29. The number of amides is 1. The normalized spacial score (nSPS) is 24.4. The molecule has 15 heavy (non-hydrogen) atoms. The van der Waals surface area contributed by atoms with Gasteiger partial charge in [-0.05, 0) is 24.8 Å². The first-order valence-electron chi connectivity index (χ1n) is 5.07. The minimum Gasteiger partial charge on any atom is -0.349 e. The Bertz CT molecular complexity index is 375. The summed E-state index contributed by atoms with van der Waals surface area (Å²) in [5.41, 5.74) is 0.457. The summed E-state index contributed by atoms with van der Waals surface area (Å²) >= 11 is 5.89. The molecule has 1 N–H and O–H groups in total. The summed E-state index contributed by atoms with van der Waals surface area (Å²) in [4.78, 5) is 15.6. The number of nitrogens with one attached hydrogen (secondary N) is 1. The molecule has 3 nitrogen and oxygen atoms in total. The van der Waals surface area contributed by atoms with Crippen molar-refractivity contribution in [3.63, 3.8) is 0 Å². The molecule has 4 heteroatoms. The molecule has 0 spiro atoms. The quantitative estimate of drug-likeness (QED) is 0.838. The van der Waals surface area contributed by atoms with Gasteiger partial charge in [0.25, 0.3) is 5.91 Å². The maximum absolute atomic E-state index is 11.7. The van der Waals surface area contributed by atoms with E-state index in [1.807, 2.05) is 0 Å². The second-order valence-corrected chi connectivity index (χ2v) is 4.51. The van der Waals surface area contributed by atoms with Gasteiger partial charge in [0.1, 0.15) is 0 Å². The van der Waals surface area contributed by atoms with Crippen molar-refractivity contribution in [1.82, 2.24) is 10.3 Å². The highest BCUT2D eigenvalue weighted by molar-refractivity contribution is 6.33. The van der Waals surface area contributed by atoms with Crippen LogP contribution in [-0.2, 0) is 0 Å². The van der Waals surface area contributed by atoms with Crippen LogP contribution in [0, 0.1) is 5.92 Å². The molecule has 0 aliphatic heterocycles. The van der Waals surface area contributed by atoms with Crippen molar-refractivity contribution < 1.29 is 4.79 Å². The zero-order chi connectivity index (χ0) is 10.8. The van der Waals surface area contributed by atoms with Crippen LogP contribution in [0.5, 0.6) is 0 Å². The topological polar surface area (TPSA) is 42.0 Å². The van der Waals surface area contributed by atoms with Crippen LogP contribution in [-0.4, -0.2) is 16.9 Å². The summed E-state index contributed by atoms with van der Waals surface area (Å²) in [5, 5.41) is 3.39. The number of rotatable bonds is 2. The molecule has 0 saturated heterocycles. The van der Waals surface area contributed by atoms with Gasteiger partial charge in [-0.3, -0.25) is 9.78 Å². The summed E-state index contributed by atoms with van der Waals surface area (Å²) < 4.78 is 0. The van der Waals surface area contributed by atoms with Crippen molar-refractivity contribution in [3.8, 4) is 0 Å². The second kappa shape index (κ2) is 4.19. The third kappa shape index (κ3) is 2.29. The molecule has 1 heterocycles. The van der Waals surface area contributed by atoms with E-state index in [0.717, 1.165) is 18.8 Å². The third-order valence-corrected chi connectivity index (χ3v) is 3.05. The van der Waals surface area contributed by atoms with E-state index in [2.05, 4.69) is 17.2 Å². The Morgan fingerprint density at radius 3 is 2.93 bits per heavy atom. The Balaban J connectivity index is 1.99. The predicted octanol–water partition coefficient (Wildman–Crippen LogP) is 2.26. The lowest BCUT2D eigenvalue weighted by molar-refractivity contribution is 0.0896. The third-order valence-electron chi connectivity index (χ3n) is 2.72. The SMILES string of the molecule is CC1CC(NC(=O)c2cnccc2Cl)C1. The van der Waals surface area contributed by atoms with E-state index in [0.29, 0.717) is 16.6 Å². The van der Waals surface area contributed by atoms with Crippen LogP contribution in [0.4, 0.5) is 0 Å². The zero-order valence-electron chi connectivity index (χ0n) is 8.53. The van der Waals surface area contributed by atoms with Crippen LogP contribution >= 0.6 is 11.6 Å². The van der Waals surface area contributed by atoms with Crippen molar-refractivity contribution in [2.45, 2.75) is 25.8 Å². The smallest absolute Gasteiger partial charge is 0.254 e. The van der Waals surface area contributed by atoms with E-state index in [4.69, 9.17) is 11.6 Å². The number of carbonyl (C=O) groups is 1. The molecule has 0 atom stereocenters. The fraction of sp³-hybridized carbons (Fsp3) is 0.455. The van der Waals surface area contributed by atoms with Crippen LogP contribution in [0.1, 0.15) is 30.1 Å². The van der Waals surface area contributed by atoms with Crippen molar-refractivity contribution in [1.29, 1.82) is 0 Å². The molecule has 1 aliphatic rings. The number of aromatic nitrogens is 1. The molecule has 0 aromatic carbocycles. The maximum Gasteiger partial charge on any atom is 0.254 e. The van der Waals surface area contributed by atoms with E-state index in [1.54, 1.807) is 12.3 Å². The van der Waals surface area contributed by atoms with Crippen LogP contribution in [0.2, 0.25) is 5.02 Å². The summed E-state index contributed by atoms with van der Waals surface area (Å²) in [5.74, 6) is 0.602. The van der Waals surface area contributed by atoms with Gasteiger partial charge in [0.2, 0.25) is 0 Å². The van der Waals surface area contributed by atoms with E-state index in [1.165, 1.54) is 6.20 Å². The summed E-state index contributed by atoms with van der Waals surface area (Å²) in [7, 11) is 0. The monoisotopic (exact) mass is 224 g/mol. The predicted molar refractivity (Wildman–Crippen MR) is 58.9 cm³/mol. The molecule has 1 fully saturated rings. The summed E-state index contributed by atoms with van der Waals surface area (Å²) in [6, 6.07) is 1.93. The molecule has 1 aromatic heterocycles. The summed E-state index contributed by atoms with van der Waals surface area (Å²) in [6.45, 7) is 2.18. The van der Waals surface area contributed by atoms with Crippen LogP contribution < -0.4 is 5.32 Å². The Hall–Kier alpha value is -1.09. The van der Waals surface area contributed by atoms with Gasteiger partial charge in [0.05, 0.1) is 10.6 Å². The van der Waals surface area contributed by atoms with E-state index in [-0.39, 0.29) is 5.91 Å². The van der Waals surface area contributed by atoms with Gasteiger partial charge in [-0.25, -0.2) is 0 Å². The van der Waals surface area contributed by atoms with E-state index >= 15 is 0 Å². The first kappa shape index (κ1) is 10.4. The minimum absolute atomic E-state index is 0.120. The molecular formula is C11H13ClN2O. The van der Waals surface area contributed by atoms with Gasteiger partial charge in [0.15, 0.2) is 0 Å². The van der Waals surface area contributed by atoms with Crippen molar-refractivity contribution in [2.75, 3.05) is 0 Å². The molecule has 1 amide bonds. The number of halogens is 1. The van der Waals surface area contributed by atoms with Crippen molar-refractivity contribution >= 4 is 17.5 Å². The van der Waals surface area contributed by atoms with Crippen LogP contribution in [0.25, 0.3) is 0 Å². The van der Waals surface area contributed by atoms with Crippen molar-refractivity contribution in [2.24, 2.45) is 5.92 Å². The largest absolute Gasteiger partial charge is 0.349 e. The first-order valence-corrected chi connectivity index (χ1v) is 5.45. The lowest BCUT2D eigenvalue weighted by atomic mass is 9.82. The van der Waals surface area contributed by atoms with Gasteiger partial charge in [0, 0.05) is 18.4 Å². The van der Waals surface area contributed by atoms with Gasteiger partial charge >= 0.3 is 0 Å². The maximum atomic E-state index is 11.7. The highest BCUT2D eigenvalue weighted by Crippen LogP contribution is 2.26. The average molecular weight is 225 g/mol. The van der Waals surface area contributed by atoms with Crippen LogP contribution in [0.3, 0.4) is 0 Å². The molecule has 1 saturated carbocycles. The fourth-order valence-corrected chi connectivity index (χ4v) is 2.02. The molecule has 0 bridgehead atoms. The number of pyridine rings is 1. The molecule has 1 aromatic rings. The number of carbonyl (C=O) groups excluding carboxylic acids is 1. The fourth-order valence-electron chi connectivity index (χ4n) is 1.83. The molecule has 2 rings (SSSR count). The summed E-state index contributed by atoms with van der Waals surface area (Å²) in [6.07, 6.45) is 5.19. The van der Waals surface area contributed by atoms with Crippen molar-refractivity contribution in [3.05, 3.63) is 29.0 Å². The number of hydrogen-bond acceptors (Lipinski definition) is 2. The van der Waals surface area contributed by atoms with Crippen LogP contribution in [0.15, 0.2) is 18.5 Å². The Kier molecular flexibility index (Phi) is 2.91. The van der Waals surface area contributed by atoms with Gasteiger partial charge in [-0.1, -0.05) is 18.5 Å². The number of nitrogens with zero attached hydrogens (tertiary/aromatic N) is 1. The molecule has 0 radical (unpaired) electrons. The number of hydrogen-bond donors (Lipinski definition) is 1. The molecule has 80 valence electrons. The Labute approximate surface area is 93.8 Å². The standard InChI is InChI=1S/C11H13ClN2O/c1-7-4-8(5-7)14-11(15)9-6-13-3-2-10(9)12/h2-3,6-8H,4-5H2,1H3,(H,14,15). The lowest BCUT2D eigenvalue weighted by Crippen LogP contribution is -2.43. The molecule has 0 unspecified atom stereocenters. The highest BCUT2D eigenvalue weighted by atomic mass is 35.5. The average Bonchev–Trinajstić information content (AvgIpc) is 2.16. The molecule has 1 aliphatic carbocycles. The second-order valence-electron chi connectivity index (χ2n) is 4.10. The molecular weight excluding hydrogens is 212 g/mol. The minimum atomic E-state index is -0.120. The van der Waals surface area contributed by atoms with E-state index < -0.39 is 0 Å². The van der Waals surface area contributed by atoms with Gasteiger partial charge in [-0.2, -0.15) is 0 Å². The van der Waals surface area contributed by atoms with Gasteiger partial charge < -0.3 is 5.32 Å². The highest BCUT2D eigenvalue weighted by Gasteiger charge is 2.27. The Morgan fingerprint density at radius 2 is 2.33 bits per heavy atom. The lowest BCUT2D eigenvalue weighted by Gasteiger charge is -2.33. The first-order chi connectivity index (χ1) is 7.16. The van der Waals surface area contributed by atoms with Gasteiger partial charge in [-0.15, -0.1) is 0 Å².